The molecule has 2 N–H and O–H groups in total. The van der Waals surface area contributed by atoms with E-state index in [4.69, 9.17) is 32.7 Å². The monoisotopic (exact) mass is 513 g/mol. The van der Waals surface area contributed by atoms with Crippen LogP contribution in [0.5, 0.6) is 17.2 Å². The molecule has 1 fully saturated rings. The maximum Gasteiger partial charge on any atom is 0.300 e. The average molecular weight is 514 g/mol. The van der Waals surface area contributed by atoms with Gasteiger partial charge in [-0.25, -0.2) is 0 Å². The number of Topliss-reactive ketones (excluding diaryl/α,β-unsaturated/α-hetero) is 1. The molecule has 0 spiro atoms. The minimum absolute atomic E-state index is 0.134. The van der Waals surface area contributed by atoms with Gasteiger partial charge >= 0.3 is 0 Å². The molecule has 180 valence electrons. The lowest BCUT2D eigenvalue weighted by Crippen LogP contribution is -2.29. The molecule has 9 heteroatoms. The molecule has 0 saturated carbocycles. The maximum absolute atomic E-state index is 13.3. The lowest BCUT2D eigenvalue weighted by Gasteiger charge is -2.26. The first-order chi connectivity index (χ1) is 16.8. The number of aliphatic hydroxyl groups excluding tert-OH is 1. The van der Waals surface area contributed by atoms with Crippen LogP contribution in [-0.2, 0) is 9.59 Å². The number of hydrogen-bond donors (Lipinski definition) is 2. The molecule has 1 heterocycles. The van der Waals surface area contributed by atoms with Crippen molar-refractivity contribution in [2.24, 2.45) is 0 Å². The summed E-state index contributed by atoms with van der Waals surface area (Å²) in [6, 6.07) is 14.4. The number of amides is 1. The molecule has 3 aromatic rings. The van der Waals surface area contributed by atoms with Crippen molar-refractivity contribution in [3.8, 4) is 17.2 Å². The Morgan fingerprint density at radius 3 is 2.37 bits per heavy atom. The van der Waals surface area contributed by atoms with Crippen molar-refractivity contribution in [2.45, 2.75) is 13.0 Å². The van der Waals surface area contributed by atoms with Crippen LogP contribution in [0.15, 0.2) is 66.2 Å². The van der Waals surface area contributed by atoms with Gasteiger partial charge < -0.3 is 19.7 Å². The van der Waals surface area contributed by atoms with Gasteiger partial charge in [0.05, 0.1) is 30.4 Å². The molecule has 1 unspecified atom stereocenters. The zero-order valence-corrected chi connectivity index (χ0v) is 20.3. The molecule has 1 aliphatic heterocycles. The zero-order valence-electron chi connectivity index (χ0n) is 18.8. The van der Waals surface area contributed by atoms with Gasteiger partial charge in [0.1, 0.15) is 11.5 Å². The molecule has 35 heavy (non-hydrogen) atoms. The smallest absolute Gasteiger partial charge is 0.300 e. The summed E-state index contributed by atoms with van der Waals surface area (Å²) >= 11 is 12.4. The molecular formula is C26H21Cl2NO6. The van der Waals surface area contributed by atoms with Crippen LogP contribution in [0.4, 0.5) is 5.69 Å². The predicted octanol–water partition coefficient (Wildman–Crippen LogP) is 5.73. The minimum atomic E-state index is -1.07. The molecule has 1 aliphatic rings. The number of halogens is 2. The van der Waals surface area contributed by atoms with E-state index in [1.54, 1.807) is 36.4 Å². The largest absolute Gasteiger partial charge is 0.507 e. The first-order valence-corrected chi connectivity index (χ1v) is 11.4. The normalized spacial score (nSPS) is 17.0. The summed E-state index contributed by atoms with van der Waals surface area (Å²) in [6.07, 6.45) is 0. The summed E-state index contributed by atoms with van der Waals surface area (Å²) < 4.78 is 10.6. The molecule has 7 nitrogen and oxygen atoms in total. The SMILES string of the molecule is CCOc1ccc(Cl)c(/C(O)=C2\C(=O)C(=O)N(c3ccc(Cl)cc3)C2c2ccc(OC)c(O)c2)c1. The number of hydrogen-bond acceptors (Lipinski definition) is 6. The van der Waals surface area contributed by atoms with Crippen molar-refractivity contribution in [1.82, 2.24) is 0 Å². The number of aromatic hydroxyl groups is 1. The highest BCUT2D eigenvalue weighted by Gasteiger charge is 2.47. The van der Waals surface area contributed by atoms with E-state index in [1.807, 2.05) is 6.92 Å². The fourth-order valence-electron chi connectivity index (χ4n) is 3.98. The number of benzene rings is 3. The Bertz CT molecular complexity index is 1340. The van der Waals surface area contributed by atoms with Crippen LogP contribution in [0.25, 0.3) is 5.76 Å². The molecule has 1 amide bonds. The highest BCUT2D eigenvalue weighted by Crippen LogP contribution is 2.45. The first kappa shape index (κ1) is 24.4. The summed E-state index contributed by atoms with van der Waals surface area (Å²) in [6.45, 7) is 2.19. The van der Waals surface area contributed by atoms with E-state index >= 15 is 0 Å². The molecular weight excluding hydrogens is 493 g/mol. The van der Waals surface area contributed by atoms with E-state index in [0.717, 1.165) is 0 Å². The Morgan fingerprint density at radius 2 is 1.74 bits per heavy atom. The molecule has 4 rings (SSSR count). The molecule has 3 aromatic carbocycles. The number of ketones is 1. The summed E-state index contributed by atoms with van der Waals surface area (Å²) in [5.41, 5.74) is 0.695. The Hall–Kier alpha value is -3.68. The van der Waals surface area contributed by atoms with Crippen molar-refractivity contribution in [3.05, 3.63) is 87.4 Å². The van der Waals surface area contributed by atoms with E-state index in [2.05, 4.69) is 0 Å². The van der Waals surface area contributed by atoms with Gasteiger partial charge in [-0.05, 0) is 67.1 Å². The van der Waals surface area contributed by atoms with Crippen LogP contribution in [-0.4, -0.2) is 35.6 Å². The number of carbonyl (C=O) groups excluding carboxylic acids is 2. The van der Waals surface area contributed by atoms with E-state index in [0.29, 0.717) is 28.6 Å². The Labute approximate surface area is 211 Å². The standard InChI is InChI=1S/C26H21Cl2NO6/c1-3-35-17-9-10-19(28)18(13-17)24(31)22-23(14-4-11-21(34-2)20(30)12-14)29(26(33)25(22)32)16-7-5-15(27)6-8-16/h4-13,23,30-31H,3H2,1-2H3/b24-22+. The Morgan fingerprint density at radius 1 is 1.03 bits per heavy atom. The van der Waals surface area contributed by atoms with Crippen LogP contribution in [0.1, 0.15) is 24.1 Å². The Kier molecular flexibility index (Phi) is 6.91. The predicted molar refractivity (Wildman–Crippen MR) is 134 cm³/mol. The summed E-state index contributed by atoms with van der Waals surface area (Å²) in [4.78, 5) is 27.8. The molecule has 1 saturated heterocycles. The van der Waals surface area contributed by atoms with Gasteiger partial charge in [-0.3, -0.25) is 14.5 Å². The molecule has 0 radical (unpaired) electrons. The average Bonchev–Trinajstić information content (AvgIpc) is 3.11. The van der Waals surface area contributed by atoms with Crippen molar-refractivity contribution >= 4 is 46.3 Å². The van der Waals surface area contributed by atoms with Crippen molar-refractivity contribution in [3.63, 3.8) is 0 Å². The summed E-state index contributed by atoms with van der Waals surface area (Å²) in [7, 11) is 1.40. The van der Waals surface area contributed by atoms with E-state index in [1.165, 1.54) is 36.3 Å². The Balaban J connectivity index is 1.96. The maximum atomic E-state index is 13.3. The number of ether oxygens (including phenoxy) is 2. The number of phenols is 1. The second kappa shape index (κ2) is 9.90. The minimum Gasteiger partial charge on any atom is -0.507 e. The van der Waals surface area contributed by atoms with Crippen LogP contribution in [0, 0.1) is 0 Å². The fourth-order valence-corrected chi connectivity index (χ4v) is 4.31. The van der Waals surface area contributed by atoms with Gasteiger partial charge in [0, 0.05) is 16.3 Å². The second-order valence-electron chi connectivity index (χ2n) is 7.65. The lowest BCUT2D eigenvalue weighted by atomic mass is 9.94. The summed E-state index contributed by atoms with van der Waals surface area (Å²) in [5, 5.41) is 22.3. The molecule has 0 aromatic heterocycles. The number of methoxy groups -OCH3 is 1. The number of carbonyl (C=O) groups is 2. The van der Waals surface area contributed by atoms with Gasteiger partial charge in [0.15, 0.2) is 11.5 Å². The third-order valence-electron chi connectivity index (χ3n) is 5.57. The van der Waals surface area contributed by atoms with E-state index in [-0.39, 0.29) is 27.7 Å². The molecule has 1 atom stereocenters. The van der Waals surface area contributed by atoms with Crippen LogP contribution < -0.4 is 14.4 Å². The summed E-state index contributed by atoms with van der Waals surface area (Å²) in [5.74, 6) is -1.77. The fraction of sp³-hybridized carbons (Fsp3) is 0.154. The lowest BCUT2D eigenvalue weighted by molar-refractivity contribution is -0.132. The number of anilines is 1. The molecule has 0 bridgehead atoms. The highest BCUT2D eigenvalue weighted by molar-refractivity contribution is 6.52. The van der Waals surface area contributed by atoms with Crippen LogP contribution in [0.2, 0.25) is 10.0 Å². The van der Waals surface area contributed by atoms with Gasteiger partial charge in [-0.2, -0.15) is 0 Å². The van der Waals surface area contributed by atoms with Crippen LogP contribution >= 0.6 is 23.2 Å². The van der Waals surface area contributed by atoms with Gasteiger partial charge in [-0.1, -0.05) is 29.3 Å². The van der Waals surface area contributed by atoms with Crippen molar-refractivity contribution in [2.75, 3.05) is 18.6 Å². The third-order valence-corrected chi connectivity index (χ3v) is 6.15. The number of nitrogens with zero attached hydrogens (tertiary/aromatic N) is 1. The zero-order chi connectivity index (χ0) is 25.3. The quantitative estimate of drug-likeness (QED) is 0.248. The third kappa shape index (κ3) is 4.52. The topological polar surface area (TPSA) is 96.3 Å². The van der Waals surface area contributed by atoms with Gasteiger partial charge in [0.25, 0.3) is 11.7 Å². The number of rotatable bonds is 6. The van der Waals surface area contributed by atoms with Gasteiger partial charge in [0.2, 0.25) is 0 Å². The first-order valence-electron chi connectivity index (χ1n) is 10.6. The number of phenolic OH excluding ortho intramolecular Hbond substituents is 1. The van der Waals surface area contributed by atoms with E-state index in [9.17, 15) is 19.8 Å². The highest BCUT2D eigenvalue weighted by atomic mass is 35.5. The van der Waals surface area contributed by atoms with Crippen molar-refractivity contribution in [1.29, 1.82) is 0 Å². The molecule has 0 aliphatic carbocycles. The second-order valence-corrected chi connectivity index (χ2v) is 8.50. The van der Waals surface area contributed by atoms with Crippen molar-refractivity contribution < 1.29 is 29.3 Å². The van der Waals surface area contributed by atoms with Crippen LogP contribution in [0.3, 0.4) is 0 Å². The number of aliphatic hydroxyl groups is 1. The van der Waals surface area contributed by atoms with Gasteiger partial charge in [-0.15, -0.1) is 0 Å². The van der Waals surface area contributed by atoms with E-state index < -0.39 is 23.5 Å².